The minimum absolute atomic E-state index is 0.131. The van der Waals surface area contributed by atoms with Crippen LogP contribution in [0.25, 0.3) is 0 Å². The normalized spacial score (nSPS) is 10.2. The zero-order valence-corrected chi connectivity index (χ0v) is 12.8. The zero-order valence-electron chi connectivity index (χ0n) is 11.3. The Hall–Kier alpha value is -1.91. The number of nitrogen functional groups attached to an aromatic ring is 1. The predicted octanol–water partition coefficient (Wildman–Crippen LogP) is 3.90. The van der Waals surface area contributed by atoms with Crippen molar-refractivity contribution < 1.29 is 9.53 Å². The van der Waals surface area contributed by atoms with Crippen LogP contribution in [0.2, 0.25) is 10.0 Å². The van der Waals surface area contributed by atoms with Gasteiger partial charge in [0.2, 0.25) is 0 Å². The molecule has 0 spiro atoms. The maximum Gasteiger partial charge on any atom is 0.262 e. The molecule has 4 nitrogen and oxygen atoms in total. The summed E-state index contributed by atoms with van der Waals surface area (Å²) in [6.07, 6.45) is 0. The molecule has 0 aliphatic rings. The highest BCUT2D eigenvalue weighted by Gasteiger charge is 2.09. The lowest BCUT2D eigenvalue weighted by atomic mass is 10.2. The van der Waals surface area contributed by atoms with Gasteiger partial charge >= 0.3 is 0 Å². The van der Waals surface area contributed by atoms with Crippen molar-refractivity contribution in [2.24, 2.45) is 0 Å². The largest absolute Gasteiger partial charge is 0.483 e. The Labute approximate surface area is 132 Å². The monoisotopic (exact) mass is 324 g/mol. The van der Waals surface area contributed by atoms with Crippen molar-refractivity contribution in [3.8, 4) is 5.75 Å². The van der Waals surface area contributed by atoms with Gasteiger partial charge in [-0.25, -0.2) is 0 Å². The maximum atomic E-state index is 11.9. The van der Waals surface area contributed by atoms with Crippen molar-refractivity contribution in [2.45, 2.75) is 6.92 Å². The molecule has 0 fully saturated rings. The van der Waals surface area contributed by atoms with Crippen LogP contribution in [0.4, 0.5) is 11.4 Å². The number of rotatable bonds is 4. The van der Waals surface area contributed by atoms with Crippen LogP contribution in [0, 0.1) is 6.92 Å². The third-order valence-corrected chi connectivity index (χ3v) is 3.60. The Morgan fingerprint density at radius 3 is 2.76 bits per heavy atom. The number of carbonyl (C=O) groups excluding carboxylic acids is 1. The van der Waals surface area contributed by atoms with Crippen LogP contribution in [0.5, 0.6) is 5.75 Å². The van der Waals surface area contributed by atoms with Gasteiger partial charge in [-0.3, -0.25) is 4.79 Å². The minimum Gasteiger partial charge on any atom is -0.483 e. The van der Waals surface area contributed by atoms with Gasteiger partial charge in [0.15, 0.2) is 6.61 Å². The molecule has 0 aliphatic carbocycles. The SMILES string of the molecule is Cc1cc(N)ccc1OCC(=O)Nc1cccc(Cl)c1Cl. The number of anilines is 2. The van der Waals surface area contributed by atoms with Crippen LogP contribution in [0.3, 0.4) is 0 Å². The molecular weight excluding hydrogens is 311 g/mol. The third-order valence-electron chi connectivity index (χ3n) is 2.78. The molecule has 0 radical (unpaired) electrons. The summed E-state index contributed by atoms with van der Waals surface area (Å²) in [4.78, 5) is 11.9. The highest BCUT2D eigenvalue weighted by molar-refractivity contribution is 6.43. The highest BCUT2D eigenvalue weighted by Crippen LogP contribution is 2.29. The van der Waals surface area contributed by atoms with E-state index in [0.29, 0.717) is 27.2 Å². The van der Waals surface area contributed by atoms with Crippen molar-refractivity contribution >= 4 is 40.5 Å². The number of hydrogen-bond donors (Lipinski definition) is 2. The summed E-state index contributed by atoms with van der Waals surface area (Å²) in [5, 5.41) is 3.33. The first-order valence-corrected chi connectivity index (χ1v) is 6.96. The molecule has 0 atom stereocenters. The maximum absolute atomic E-state index is 11.9. The fourth-order valence-electron chi connectivity index (χ4n) is 1.76. The van der Waals surface area contributed by atoms with Gasteiger partial charge in [0, 0.05) is 5.69 Å². The molecule has 1 amide bonds. The molecule has 110 valence electrons. The van der Waals surface area contributed by atoms with Crippen molar-refractivity contribution in [1.29, 1.82) is 0 Å². The molecule has 0 aliphatic heterocycles. The average molecular weight is 325 g/mol. The first-order chi connectivity index (χ1) is 9.97. The topological polar surface area (TPSA) is 64.3 Å². The van der Waals surface area contributed by atoms with E-state index >= 15 is 0 Å². The van der Waals surface area contributed by atoms with Gasteiger partial charge in [0.05, 0.1) is 15.7 Å². The number of nitrogens with two attached hydrogens (primary N) is 1. The summed E-state index contributed by atoms with van der Waals surface area (Å²) < 4.78 is 5.45. The summed E-state index contributed by atoms with van der Waals surface area (Å²) in [6, 6.07) is 10.2. The van der Waals surface area contributed by atoms with Crippen molar-refractivity contribution in [1.82, 2.24) is 0 Å². The van der Waals surface area contributed by atoms with Crippen molar-refractivity contribution in [2.75, 3.05) is 17.7 Å². The Morgan fingerprint density at radius 2 is 2.05 bits per heavy atom. The van der Waals surface area contributed by atoms with Crippen LogP contribution in [0.1, 0.15) is 5.56 Å². The Bertz CT molecular complexity index is 675. The average Bonchev–Trinajstić information content (AvgIpc) is 2.43. The Balaban J connectivity index is 1.97. The van der Waals surface area contributed by atoms with Gasteiger partial charge in [0.25, 0.3) is 5.91 Å². The van der Waals surface area contributed by atoms with Crippen LogP contribution in [-0.2, 0) is 4.79 Å². The lowest BCUT2D eigenvalue weighted by Gasteiger charge is -2.11. The van der Waals surface area contributed by atoms with E-state index in [1.165, 1.54) is 0 Å². The molecule has 21 heavy (non-hydrogen) atoms. The number of benzene rings is 2. The number of hydrogen-bond acceptors (Lipinski definition) is 3. The lowest BCUT2D eigenvalue weighted by molar-refractivity contribution is -0.118. The van der Waals surface area contributed by atoms with E-state index in [4.69, 9.17) is 33.7 Å². The predicted molar refractivity (Wildman–Crippen MR) is 86.2 cm³/mol. The minimum atomic E-state index is -0.324. The first-order valence-electron chi connectivity index (χ1n) is 6.20. The van der Waals surface area contributed by atoms with E-state index in [-0.39, 0.29) is 12.5 Å². The van der Waals surface area contributed by atoms with E-state index in [1.807, 2.05) is 6.92 Å². The summed E-state index contributed by atoms with van der Waals surface area (Å²) >= 11 is 11.9. The van der Waals surface area contributed by atoms with E-state index in [2.05, 4.69) is 5.32 Å². The third kappa shape index (κ3) is 4.03. The molecule has 0 unspecified atom stereocenters. The second-order valence-corrected chi connectivity index (χ2v) is 5.25. The number of nitrogens with one attached hydrogen (secondary N) is 1. The molecule has 0 bridgehead atoms. The molecular formula is C15H14Cl2N2O2. The van der Waals surface area contributed by atoms with Crippen LogP contribution < -0.4 is 15.8 Å². The van der Waals surface area contributed by atoms with Gasteiger partial charge in [-0.15, -0.1) is 0 Å². The van der Waals surface area contributed by atoms with E-state index in [1.54, 1.807) is 36.4 Å². The zero-order chi connectivity index (χ0) is 15.4. The Morgan fingerprint density at radius 1 is 1.29 bits per heavy atom. The summed E-state index contributed by atoms with van der Waals surface area (Å²) in [6.45, 7) is 1.73. The number of ether oxygens (including phenoxy) is 1. The second kappa shape index (κ2) is 6.70. The second-order valence-electron chi connectivity index (χ2n) is 4.46. The molecule has 0 saturated heterocycles. The van der Waals surface area contributed by atoms with Gasteiger partial charge in [-0.2, -0.15) is 0 Å². The van der Waals surface area contributed by atoms with Crippen LogP contribution in [-0.4, -0.2) is 12.5 Å². The standard InChI is InChI=1S/C15H14Cl2N2O2/c1-9-7-10(18)5-6-13(9)21-8-14(20)19-12-4-2-3-11(16)15(12)17/h2-7H,8,18H2,1H3,(H,19,20). The molecule has 0 heterocycles. The molecule has 3 N–H and O–H groups in total. The van der Waals surface area contributed by atoms with Crippen molar-refractivity contribution in [3.63, 3.8) is 0 Å². The first kappa shape index (κ1) is 15.5. The molecule has 2 aromatic rings. The van der Waals surface area contributed by atoms with Gasteiger partial charge < -0.3 is 15.8 Å². The fraction of sp³-hybridized carbons (Fsp3) is 0.133. The molecule has 0 aromatic heterocycles. The number of aryl methyl sites for hydroxylation is 1. The highest BCUT2D eigenvalue weighted by atomic mass is 35.5. The van der Waals surface area contributed by atoms with Crippen molar-refractivity contribution in [3.05, 3.63) is 52.0 Å². The lowest BCUT2D eigenvalue weighted by Crippen LogP contribution is -2.20. The van der Waals surface area contributed by atoms with E-state index < -0.39 is 0 Å². The number of carbonyl (C=O) groups is 1. The number of amides is 1. The molecule has 6 heteroatoms. The Kier molecular flexibility index (Phi) is 4.94. The van der Waals surface area contributed by atoms with Crippen LogP contribution >= 0.6 is 23.2 Å². The summed E-state index contributed by atoms with van der Waals surface area (Å²) in [5.74, 6) is 0.284. The summed E-state index contributed by atoms with van der Waals surface area (Å²) in [5.41, 5.74) is 7.62. The van der Waals surface area contributed by atoms with Gasteiger partial charge in [-0.05, 0) is 42.8 Å². The fourth-order valence-corrected chi connectivity index (χ4v) is 2.11. The molecule has 2 rings (SSSR count). The smallest absolute Gasteiger partial charge is 0.262 e. The number of halogens is 2. The van der Waals surface area contributed by atoms with E-state index in [9.17, 15) is 4.79 Å². The molecule has 0 saturated carbocycles. The van der Waals surface area contributed by atoms with Gasteiger partial charge in [0.1, 0.15) is 5.75 Å². The quantitative estimate of drug-likeness (QED) is 0.838. The van der Waals surface area contributed by atoms with Gasteiger partial charge in [-0.1, -0.05) is 29.3 Å². The summed E-state index contributed by atoms with van der Waals surface area (Å²) in [7, 11) is 0. The van der Waals surface area contributed by atoms with Crippen LogP contribution in [0.15, 0.2) is 36.4 Å². The molecule has 2 aromatic carbocycles. The van der Waals surface area contributed by atoms with E-state index in [0.717, 1.165) is 5.56 Å².